The zero-order chi connectivity index (χ0) is 10.7. The highest BCUT2D eigenvalue weighted by Gasteiger charge is 2.19. The molecule has 0 amide bonds. The van der Waals surface area contributed by atoms with Crippen LogP contribution in [0.1, 0.15) is 48.1 Å². The lowest BCUT2D eigenvalue weighted by atomic mass is 9.98. The van der Waals surface area contributed by atoms with Gasteiger partial charge in [-0.3, -0.25) is 0 Å². The van der Waals surface area contributed by atoms with E-state index in [2.05, 4.69) is 47.1 Å². The molecule has 2 rings (SSSR count). The van der Waals surface area contributed by atoms with Crippen molar-refractivity contribution in [3.63, 3.8) is 0 Å². The van der Waals surface area contributed by atoms with E-state index in [0.29, 0.717) is 4.83 Å². The van der Waals surface area contributed by atoms with Crippen LogP contribution in [0.2, 0.25) is 0 Å². The van der Waals surface area contributed by atoms with Crippen molar-refractivity contribution < 1.29 is 0 Å². The Balaban J connectivity index is 1.94. The van der Waals surface area contributed by atoms with Crippen LogP contribution < -0.4 is 0 Å². The molecule has 0 N–H and O–H groups in total. The molecular weight excluding hydrogens is 248 g/mol. The van der Waals surface area contributed by atoms with Crippen LogP contribution in [-0.2, 0) is 0 Å². The summed E-state index contributed by atoms with van der Waals surface area (Å²) in [5, 5.41) is 0. The van der Waals surface area contributed by atoms with Gasteiger partial charge in [-0.2, -0.15) is 0 Å². The van der Waals surface area contributed by atoms with Crippen LogP contribution in [-0.4, -0.2) is 0 Å². The summed E-state index contributed by atoms with van der Waals surface area (Å²) < 4.78 is 0. The third-order valence-electron chi connectivity index (χ3n) is 3.45. The number of hydrogen-bond acceptors (Lipinski definition) is 0. The van der Waals surface area contributed by atoms with E-state index >= 15 is 0 Å². The molecule has 1 aliphatic rings. The third-order valence-corrected chi connectivity index (χ3v) is 4.36. The van der Waals surface area contributed by atoms with Crippen molar-refractivity contribution in [3.8, 4) is 0 Å². The Morgan fingerprint density at radius 3 is 2.40 bits per heavy atom. The minimum absolute atomic E-state index is 0.557. The summed E-state index contributed by atoms with van der Waals surface area (Å²) in [6.07, 6.45) is 7.07. The molecule has 0 aromatic heterocycles. The lowest BCUT2D eigenvalue weighted by Gasteiger charge is -2.15. The molecule has 1 saturated carbocycles. The predicted molar refractivity (Wildman–Crippen MR) is 69.4 cm³/mol. The molecule has 82 valence electrons. The van der Waals surface area contributed by atoms with Gasteiger partial charge in [-0.1, -0.05) is 71.4 Å². The van der Waals surface area contributed by atoms with Crippen molar-refractivity contribution >= 4 is 15.9 Å². The second-order valence-electron chi connectivity index (χ2n) is 4.76. The molecule has 0 heterocycles. The fourth-order valence-corrected chi connectivity index (χ4v) is 3.28. The maximum Gasteiger partial charge on any atom is 0.0397 e. The van der Waals surface area contributed by atoms with Crippen molar-refractivity contribution in [1.29, 1.82) is 0 Å². The van der Waals surface area contributed by atoms with Gasteiger partial charge in [0.2, 0.25) is 0 Å². The fraction of sp³-hybridized carbons (Fsp3) is 0.571. The van der Waals surface area contributed by atoms with Crippen molar-refractivity contribution in [2.45, 2.75) is 43.9 Å². The SMILES string of the molecule is Cc1ccc(C(Br)CC2CCCC2)cc1. The molecule has 1 aromatic rings. The normalized spacial score (nSPS) is 19.3. The zero-order valence-corrected chi connectivity index (χ0v) is 11.0. The smallest absolute Gasteiger partial charge is 0.0397 e. The molecule has 0 radical (unpaired) electrons. The topological polar surface area (TPSA) is 0 Å². The highest BCUT2D eigenvalue weighted by atomic mass is 79.9. The Morgan fingerprint density at radius 1 is 1.20 bits per heavy atom. The summed E-state index contributed by atoms with van der Waals surface area (Å²) in [6, 6.07) is 8.92. The van der Waals surface area contributed by atoms with Crippen molar-refractivity contribution in [1.82, 2.24) is 0 Å². The Morgan fingerprint density at radius 2 is 1.80 bits per heavy atom. The highest BCUT2D eigenvalue weighted by Crippen LogP contribution is 2.37. The lowest BCUT2D eigenvalue weighted by molar-refractivity contribution is 0.502. The average Bonchev–Trinajstić information content (AvgIpc) is 2.71. The van der Waals surface area contributed by atoms with E-state index in [0.717, 1.165) is 5.92 Å². The second kappa shape index (κ2) is 5.16. The minimum Gasteiger partial charge on any atom is -0.0839 e. The number of alkyl halides is 1. The number of hydrogen-bond donors (Lipinski definition) is 0. The first kappa shape index (κ1) is 11.2. The molecular formula is C14H19Br. The molecule has 1 unspecified atom stereocenters. The van der Waals surface area contributed by atoms with Gasteiger partial charge in [0.05, 0.1) is 0 Å². The summed E-state index contributed by atoms with van der Waals surface area (Å²) in [7, 11) is 0. The standard InChI is InChI=1S/C14H19Br/c1-11-6-8-13(9-7-11)14(15)10-12-4-2-3-5-12/h6-9,12,14H,2-5,10H2,1H3. The van der Waals surface area contributed by atoms with Gasteiger partial charge in [0.25, 0.3) is 0 Å². The summed E-state index contributed by atoms with van der Waals surface area (Å²) in [5.41, 5.74) is 2.78. The Hall–Kier alpha value is -0.300. The van der Waals surface area contributed by atoms with Gasteiger partial charge in [-0.25, -0.2) is 0 Å². The lowest BCUT2D eigenvalue weighted by Crippen LogP contribution is -1.99. The van der Waals surface area contributed by atoms with E-state index in [4.69, 9.17) is 0 Å². The predicted octanol–water partition coefficient (Wildman–Crippen LogP) is 5.01. The first-order chi connectivity index (χ1) is 7.25. The average molecular weight is 267 g/mol. The van der Waals surface area contributed by atoms with E-state index in [1.54, 1.807) is 0 Å². The summed E-state index contributed by atoms with van der Waals surface area (Å²) in [6.45, 7) is 2.14. The molecule has 1 aromatic carbocycles. The van der Waals surface area contributed by atoms with E-state index in [9.17, 15) is 0 Å². The van der Waals surface area contributed by atoms with Crippen LogP contribution >= 0.6 is 15.9 Å². The molecule has 0 saturated heterocycles. The van der Waals surface area contributed by atoms with Crippen molar-refractivity contribution in [2.75, 3.05) is 0 Å². The number of rotatable bonds is 3. The number of benzene rings is 1. The zero-order valence-electron chi connectivity index (χ0n) is 9.38. The molecule has 0 bridgehead atoms. The van der Waals surface area contributed by atoms with E-state index in [1.165, 1.54) is 43.2 Å². The summed E-state index contributed by atoms with van der Waals surface area (Å²) >= 11 is 3.82. The van der Waals surface area contributed by atoms with Gasteiger partial charge in [0.1, 0.15) is 0 Å². The van der Waals surface area contributed by atoms with Crippen LogP contribution in [0.15, 0.2) is 24.3 Å². The Bertz CT molecular complexity index is 296. The fourth-order valence-electron chi connectivity index (χ4n) is 2.45. The maximum atomic E-state index is 3.82. The number of halogens is 1. The van der Waals surface area contributed by atoms with Crippen LogP contribution in [0, 0.1) is 12.8 Å². The molecule has 15 heavy (non-hydrogen) atoms. The third kappa shape index (κ3) is 3.07. The van der Waals surface area contributed by atoms with E-state index in [1.807, 2.05) is 0 Å². The van der Waals surface area contributed by atoms with Crippen LogP contribution in [0.3, 0.4) is 0 Å². The van der Waals surface area contributed by atoms with Gasteiger partial charge >= 0.3 is 0 Å². The van der Waals surface area contributed by atoms with Gasteiger partial charge < -0.3 is 0 Å². The van der Waals surface area contributed by atoms with E-state index in [-0.39, 0.29) is 0 Å². The Labute approximate surface area is 101 Å². The molecule has 0 nitrogen and oxygen atoms in total. The first-order valence-electron chi connectivity index (χ1n) is 5.96. The van der Waals surface area contributed by atoms with Crippen LogP contribution in [0.4, 0.5) is 0 Å². The molecule has 0 aliphatic heterocycles. The van der Waals surface area contributed by atoms with E-state index < -0.39 is 0 Å². The monoisotopic (exact) mass is 266 g/mol. The molecule has 1 fully saturated rings. The minimum atomic E-state index is 0.557. The number of aryl methyl sites for hydroxylation is 1. The second-order valence-corrected chi connectivity index (χ2v) is 5.87. The first-order valence-corrected chi connectivity index (χ1v) is 6.88. The maximum absolute atomic E-state index is 3.82. The van der Waals surface area contributed by atoms with Crippen molar-refractivity contribution in [2.24, 2.45) is 5.92 Å². The van der Waals surface area contributed by atoms with Gasteiger partial charge in [0.15, 0.2) is 0 Å². The quantitative estimate of drug-likeness (QED) is 0.675. The van der Waals surface area contributed by atoms with Crippen LogP contribution in [0.25, 0.3) is 0 Å². The molecule has 0 spiro atoms. The van der Waals surface area contributed by atoms with Gasteiger partial charge in [0, 0.05) is 4.83 Å². The Kier molecular flexibility index (Phi) is 3.85. The summed E-state index contributed by atoms with van der Waals surface area (Å²) in [5.74, 6) is 0.954. The van der Waals surface area contributed by atoms with Gasteiger partial charge in [-0.05, 0) is 24.8 Å². The highest BCUT2D eigenvalue weighted by molar-refractivity contribution is 9.09. The molecule has 1 heteroatoms. The van der Waals surface area contributed by atoms with Crippen LogP contribution in [0.5, 0.6) is 0 Å². The van der Waals surface area contributed by atoms with Crippen molar-refractivity contribution in [3.05, 3.63) is 35.4 Å². The van der Waals surface area contributed by atoms with Gasteiger partial charge in [-0.15, -0.1) is 0 Å². The molecule has 1 aliphatic carbocycles. The molecule has 1 atom stereocenters. The largest absolute Gasteiger partial charge is 0.0839 e. The summed E-state index contributed by atoms with van der Waals surface area (Å²) in [4.78, 5) is 0.557.